The van der Waals surface area contributed by atoms with E-state index in [4.69, 9.17) is 5.26 Å². The Labute approximate surface area is 58.6 Å². The molecule has 0 aliphatic carbocycles. The monoisotopic (exact) mass is 131 g/mol. The summed E-state index contributed by atoms with van der Waals surface area (Å²) in [6.45, 7) is 3.48. The summed E-state index contributed by atoms with van der Waals surface area (Å²) in [5.41, 5.74) is 0.873. The van der Waals surface area contributed by atoms with E-state index in [1.165, 1.54) is 0 Å². The molecule has 0 saturated carbocycles. The molecule has 0 unspecified atom stereocenters. The lowest BCUT2D eigenvalue weighted by Gasteiger charge is -1.89. The van der Waals surface area contributed by atoms with E-state index in [9.17, 15) is 0 Å². The van der Waals surface area contributed by atoms with Crippen molar-refractivity contribution in [3.8, 4) is 6.07 Å². The van der Waals surface area contributed by atoms with E-state index in [0.717, 1.165) is 0 Å². The molecule has 3 nitrogen and oxygen atoms in total. The predicted octanol–water partition coefficient (Wildman–Crippen LogP) is 1.01. The third-order valence-corrected chi connectivity index (χ3v) is 1.02. The minimum Gasteiger partial charge on any atom is -0.192 e. The molecule has 1 rings (SSSR count). The van der Waals surface area contributed by atoms with Gasteiger partial charge < -0.3 is 0 Å². The molecule has 10 heavy (non-hydrogen) atoms. The summed E-state index contributed by atoms with van der Waals surface area (Å²) < 4.78 is 0. The molecule has 0 aliphatic heterocycles. The molecule has 1 aromatic heterocycles. The van der Waals surface area contributed by atoms with E-state index < -0.39 is 0 Å². The van der Waals surface area contributed by atoms with E-state index >= 15 is 0 Å². The van der Waals surface area contributed by atoms with Gasteiger partial charge in [0.15, 0.2) is 0 Å². The molecule has 1 aromatic rings. The Balaban J connectivity index is 2.99. The van der Waals surface area contributed by atoms with Crippen molar-refractivity contribution in [3.63, 3.8) is 0 Å². The molecule has 0 saturated heterocycles. The van der Waals surface area contributed by atoms with E-state index in [1.807, 2.05) is 6.07 Å². The summed E-state index contributed by atoms with van der Waals surface area (Å²) in [4.78, 5) is 0. The highest BCUT2D eigenvalue weighted by atomic mass is 15.1. The van der Waals surface area contributed by atoms with Gasteiger partial charge in [-0.25, -0.2) is 0 Å². The van der Waals surface area contributed by atoms with Crippen LogP contribution in [0, 0.1) is 11.3 Å². The number of allylic oxidation sites excluding steroid dienone is 1. The number of hydrogen-bond acceptors (Lipinski definition) is 3. The fourth-order valence-corrected chi connectivity index (χ4v) is 0.520. The van der Waals surface area contributed by atoms with Crippen LogP contribution in [0.15, 0.2) is 24.9 Å². The van der Waals surface area contributed by atoms with Crippen LogP contribution >= 0.6 is 0 Å². The van der Waals surface area contributed by atoms with Gasteiger partial charge in [0.1, 0.15) is 11.8 Å². The molecule has 1 heterocycles. The second-order valence-corrected chi connectivity index (χ2v) is 1.70. The average Bonchev–Trinajstić information content (AvgIpc) is 2.05. The molecule has 0 amide bonds. The molecule has 0 aromatic carbocycles. The van der Waals surface area contributed by atoms with Gasteiger partial charge in [0.2, 0.25) is 0 Å². The summed E-state index contributed by atoms with van der Waals surface area (Å²) in [7, 11) is 0. The van der Waals surface area contributed by atoms with Gasteiger partial charge in [-0.3, -0.25) is 0 Å². The van der Waals surface area contributed by atoms with E-state index in [2.05, 4.69) is 16.8 Å². The number of aromatic nitrogens is 2. The smallest absolute Gasteiger partial charge is 0.103 e. The highest BCUT2D eigenvalue weighted by Gasteiger charge is 1.95. The second kappa shape index (κ2) is 2.74. The Morgan fingerprint density at radius 2 is 2.50 bits per heavy atom. The molecular formula is C7H5N3. The SMILES string of the molecule is C=C(C#N)c1cccnn1. The number of hydrogen-bond donors (Lipinski definition) is 0. The van der Waals surface area contributed by atoms with Gasteiger partial charge in [0.25, 0.3) is 0 Å². The van der Waals surface area contributed by atoms with E-state index in [1.54, 1.807) is 18.3 Å². The lowest BCUT2D eigenvalue weighted by Crippen LogP contribution is -1.86. The molecule has 0 aliphatic rings. The van der Waals surface area contributed by atoms with Crippen LogP contribution in [0.2, 0.25) is 0 Å². The normalized spacial score (nSPS) is 8.30. The Kier molecular flexibility index (Phi) is 1.76. The number of nitrogens with zero attached hydrogens (tertiary/aromatic N) is 3. The summed E-state index contributed by atoms with van der Waals surface area (Å²) in [6, 6.07) is 5.29. The zero-order valence-electron chi connectivity index (χ0n) is 5.28. The minimum absolute atomic E-state index is 0.341. The van der Waals surface area contributed by atoms with Crippen molar-refractivity contribution >= 4 is 5.57 Å². The van der Waals surface area contributed by atoms with Gasteiger partial charge in [-0.15, -0.1) is 5.10 Å². The van der Waals surface area contributed by atoms with Crippen LogP contribution < -0.4 is 0 Å². The molecule has 0 spiro atoms. The van der Waals surface area contributed by atoms with Crippen LogP contribution in [0.1, 0.15) is 5.69 Å². The number of nitriles is 1. The summed E-state index contributed by atoms with van der Waals surface area (Å²) in [6.07, 6.45) is 1.55. The van der Waals surface area contributed by atoms with Crippen LogP contribution in [-0.4, -0.2) is 10.2 Å². The first kappa shape index (κ1) is 6.43. The third-order valence-electron chi connectivity index (χ3n) is 1.02. The Bertz CT molecular complexity index is 271. The fraction of sp³-hybridized carbons (Fsp3) is 0. The zero-order chi connectivity index (χ0) is 7.40. The Morgan fingerprint density at radius 3 is 3.00 bits per heavy atom. The summed E-state index contributed by atoms with van der Waals surface area (Å²) in [5.74, 6) is 0. The van der Waals surface area contributed by atoms with Crippen molar-refractivity contribution < 1.29 is 0 Å². The van der Waals surface area contributed by atoms with Crippen molar-refractivity contribution in [1.82, 2.24) is 10.2 Å². The summed E-state index contributed by atoms with van der Waals surface area (Å²) in [5, 5.41) is 15.6. The van der Waals surface area contributed by atoms with Gasteiger partial charge in [-0.05, 0) is 12.1 Å². The van der Waals surface area contributed by atoms with Crippen molar-refractivity contribution in [2.45, 2.75) is 0 Å². The van der Waals surface area contributed by atoms with E-state index in [0.29, 0.717) is 11.3 Å². The van der Waals surface area contributed by atoms with Crippen LogP contribution in [-0.2, 0) is 0 Å². The van der Waals surface area contributed by atoms with Crippen molar-refractivity contribution in [3.05, 3.63) is 30.6 Å². The van der Waals surface area contributed by atoms with E-state index in [-0.39, 0.29) is 0 Å². The van der Waals surface area contributed by atoms with Crippen LogP contribution in [0.3, 0.4) is 0 Å². The highest BCUT2D eigenvalue weighted by Crippen LogP contribution is 2.03. The largest absolute Gasteiger partial charge is 0.192 e. The first-order valence-corrected chi connectivity index (χ1v) is 2.71. The molecule has 0 radical (unpaired) electrons. The van der Waals surface area contributed by atoms with Crippen molar-refractivity contribution in [2.75, 3.05) is 0 Å². The van der Waals surface area contributed by atoms with Crippen LogP contribution in [0.25, 0.3) is 5.57 Å². The maximum atomic E-state index is 8.37. The maximum absolute atomic E-state index is 8.37. The second-order valence-electron chi connectivity index (χ2n) is 1.70. The highest BCUT2D eigenvalue weighted by molar-refractivity contribution is 5.71. The van der Waals surface area contributed by atoms with Gasteiger partial charge in [0, 0.05) is 6.20 Å². The van der Waals surface area contributed by atoms with Crippen LogP contribution in [0.5, 0.6) is 0 Å². The lowest BCUT2D eigenvalue weighted by atomic mass is 10.2. The predicted molar refractivity (Wildman–Crippen MR) is 36.7 cm³/mol. The minimum atomic E-state index is 0.341. The molecule has 3 heteroatoms. The van der Waals surface area contributed by atoms with Crippen molar-refractivity contribution in [1.29, 1.82) is 5.26 Å². The number of rotatable bonds is 1. The van der Waals surface area contributed by atoms with Gasteiger partial charge in [-0.2, -0.15) is 10.4 Å². The average molecular weight is 131 g/mol. The fourth-order valence-electron chi connectivity index (χ4n) is 0.520. The van der Waals surface area contributed by atoms with Crippen LogP contribution in [0.4, 0.5) is 0 Å². The molecule has 0 N–H and O–H groups in total. The third kappa shape index (κ3) is 1.17. The topological polar surface area (TPSA) is 49.6 Å². The molecule has 0 fully saturated rings. The van der Waals surface area contributed by atoms with Gasteiger partial charge >= 0.3 is 0 Å². The van der Waals surface area contributed by atoms with Gasteiger partial charge in [-0.1, -0.05) is 6.58 Å². The standard InChI is InChI=1S/C7H5N3/c1-6(5-8)7-3-2-4-9-10-7/h2-4H,1H2. The zero-order valence-corrected chi connectivity index (χ0v) is 5.28. The Hall–Kier alpha value is -1.69. The lowest BCUT2D eigenvalue weighted by molar-refractivity contribution is 1.01. The molecule has 0 atom stereocenters. The molecule has 0 bridgehead atoms. The maximum Gasteiger partial charge on any atom is 0.103 e. The Morgan fingerprint density at radius 1 is 1.70 bits per heavy atom. The molecule has 48 valence electrons. The first-order valence-electron chi connectivity index (χ1n) is 2.71. The quantitative estimate of drug-likeness (QED) is 0.534. The van der Waals surface area contributed by atoms with Crippen molar-refractivity contribution in [2.24, 2.45) is 0 Å². The molecular weight excluding hydrogens is 126 g/mol. The first-order chi connectivity index (χ1) is 4.84. The van der Waals surface area contributed by atoms with Gasteiger partial charge in [0.05, 0.1) is 5.57 Å². The summed E-state index contributed by atoms with van der Waals surface area (Å²) >= 11 is 0.